The second kappa shape index (κ2) is 7.85. The highest BCUT2D eigenvalue weighted by Gasteiger charge is 2.31. The minimum absolute atomic E-state index is 0.0140. The number of amides is 1. The Morgan fingerprint density at radius 3 is 2.72 bits per heavy atom. The molecule has 2 aromatic heterocycles. The van der Waals surface area contributed by atoms with E-state index >= 15 is 0 Å². The highest BCUT2D eigenvalue weighted by atomic mass is 16.2. The molecule has 0 bridgehead atoms. The Hall–Kier alpha value is -2.90. The van der Waals surface area contributed by atoms with E-state index in [2.05, 4.69) is 15.0 Å². The van der Waals surface area contributed by atoms with Gasteiger partial charge in [0.1, 0.15) is 5.56 Å². The van der Waals surface area contributed by atoms with Crippen LogP contribution < -0.4 is 16.0 Å². The molecule has 29 heavy (non-hydrogen) atoms. The first kappa shape index (κ1) is 19.4. The van der Waals surface area contributed by atoms with Gasteiger partial charge in [-0.05, 0) is 43.7 Å². The van der Waals surface area contributed by atoms with Crippen LogP contribution >= 0.6 is 0 Å². The van der Waals surface area contributed by atoms with Gasteiger partial charge in [0, 0.05) is 44.9 Å². The number of hydrogen-bond acceptors (Lipinski definition) is 5. The second-order valence-electron chi connectivity index (χ2n) is 8.20. The number of likely N-dealkylation sites (tertiary alicyclic amines) is 1. The fraction of sp³-hybridized carbons (Fsp3) is 0.524. The van der Waals surface area contributed by atoms with Gasteiger partial charge in [-0.3, -0.25) is 19.4 Å². The number of carbonyl (C=O) groups excluding carboxylic acids is 1. The Labute approximate surface area is 169 Å². The van der Waals surface area contributed by atoms with Crippen molar-refractivity contribution in [2.75, 3.05) is 32.1 Å². The first-order valence-corrected chi connectivity index (χ1v) is 10.3. The molecular formula is C21H27N5O3. The number of carbonyl (C=O) groups is 1. The topological polar surface area (TPSA) is 102 Å². The van der Waals surface area contributed by atoms with Gasteiger partial charge in [0.2, 0.25) is 5.95 Å². The SMILES string of the molecule is CN(C)c1nc([C@@H]2CCN(C(=O)c3cc4c([nH]c3=O)CCCCC4)C2)cc(=O)[nH]1. The van der Waals surface area contributed by atoms with Gasteiger partial charge in [0.25, 0.3) is 17.0 Å². The molecule has 2 N–H and O–H groups in total. The van der Waals surface area contributed by atoms with Crippen LogP contribution in [0.25, 0.3) is 0 Å². The lowest BCUT2D eigenvalue weighted by Crippen LogP contribution is -2.33. The average molecular weight is 397 g/mol. The Morgan fingerprint density at radius 1 is 1.14 bits per heavy atom. The summed E-state index contributed by atoms with van der Waals surface area (Å²) in [5, 5.41) is 0. The lowest BCUT2D eigenvalue weighted by molar-refractivity contribution is 0.0788. The van der Waals surface area contributed by atoms with Gasteiger partial charge >= 0.3 is 0 Å². The molecular weight excluding hydrogens is 370 g/mol. The van der Waals surface area contributed by atoms with E-state index in [1.54, 1.807) is 15.9 Å². The maximum Gasteiger partial charge on any atom is 0.261 e. The zero-order chi connectivity index (χ0) is 20.5. The van der Waals surface area contributed by atoms with Crippen molar-refractivity contribution in [3.63, 3.8) is 0 Å². The van der Waals surface area contributed by atoms with E-state index in [1.165, 1.54) is 6.07 Å². The smallest absolute Gasteiger partial charge is 0.261 e. The molecule has 0 aromatic carbocycles. The van der Waals surface area contributed by atoms with E-state index in [0.717, 1.165) is 49.8 Å². The summed E-state index contributed by atoms with van der Waals surface area (Å²) in [4.78, 5) is 51.2. The number of fused-ring (bicyclic) bond motifs is 1. The second-order valence-corrected chi connectivity index (χ2v) is 8.20. The van der Waals surface area contributed by atoms with Crippen LogP contribution in [0.4, 0.5) is 5.95 Å². The minimum Gasteiger partial charge on any atom is -0.348 e. The van der Waals surface area contributed by atoms with Gasteiger partial charge in [-0.15, -0.1) is 0 Å². The summed E-state index contributed by atoms with van der Waals surface area (Å²) in [6, 6.07) is 3.30. The molecule has 1 saturated heterocycles. The number of anilines is 1. The molecule has 1 aliphatic heterocycles. The van der Waals surface area contributed by atoms with Crippen molar-refractivity contribution in [3.8, 4) is 0 Å². The minimum atomic E-state index is -0.303. The van der Waals surface area contributed by atoms with Crippen LogP contribution in [0.1, 0.15) is 58.9 Å². The van der Waals surface area contributed by atoms with Crippen LogP contribution in [-0.2, 0) is 12.8 Å². The normalized spacial score (nSPS) is 19.0. The fourth-order valence-electron chi connectivity index (χ4n) is 4.25. The third-order valence-corrected chi connectivity index (χ3v) is 5.88. The van der Waals surface area contributed by atoms with Crippen LogP contribution in [0.3, 0.4) is 0 Å². The molecule has 0 radical (unpaired) electrons. The summed E-state index contributed by atoms with van der Waals surface area (Å²) in [6.07, 6.45) is 5.79. The summed E-state index contributed by atoms with van der Waals surface area (Å²) < 4.78 is 0. The van der Waals surface area contributed by atoms with Crippen LogP contribution in [0, 0.1) is 0 Å². The number of nitrogens with zero attached hydrogens (tertiary/aromatic N) is 3. The first-order chi connectivity index (χ1) is 13.9. The van der Waals surface area contributed by atoms with Crippen molar-refractivity contribution in [2.45, 2.75) is 44.4 Å². The molecule has 2 aliphatic rings. The maximum atomic E-state index is 13.1. The zero-order valence-electron chi connectivity index (χ0n) is 17.0. The van der Waals surface area contributed by atoms with E-state index in [4.69, 9.17) is 0 Å². The predicted molar refractivity (Wildman–Crippen MR) is 111 cm³/mol. The zero-order valence-corrected chi connectivity index (χ0v) is 17.0. The molecule has 1 aliphatic carbocycles. The standard InChI is InChI=1S/C21H27N5O3/c1-25(2)21-23-17(11-18(27)24-21)14-8-9-26(12-14)20(29)15-10-13-6-4-3-5-7-16(13)22-19(15)28/h10-11,14H,3-9,12H2,1-2H3,(H,22,28)(H,23,24,27)/t14-/m1/s1. The Morgan fingerprint density at radius 2 is 1.93 bits per heavy atom. The summed E-state index contributed by atoms with van der Waals surface area (Å²) in [6.45, 7) is 1.00. The molecule has 4 rings (SSSR count). The lowest BCUT2D eigenvalue weighted by Gasteiger charge is -2.18. The molecule has 2 aromatic rings. The number of aryl methyl sites for hydroxylation is 2. The highest BCUT2D eigenvalue weighted by Crippen LogP contribution is 2.27. The highest BCUT2D eigenvalue weighted by molar-refractivity contribution is 5.94. The summed E-state index contributed by atoms with van der Waals surface area (Å²) in [5.74, 6) is 0.248. The van der Waals surface area contributed by atoms with Gasteiger partial charge in [-0.25, -0.2) is 4.98 Å². The third-order valence-electron chi connectivity index (χ3n) is 5.88. The van der Waals surface area contributed by atoms with E-state index in [1.807, 2.05) is 14.1 Å². The molecule has 1 fully saturated rings. The maximum absolute atomic E-state index is 13.1. The van der Waals surface area contributed by atoms with Crippen molar-refractivity contribution in [1.82, 2.24) is 19.9 Å². The number of H-pyrrole nitrogens is 2. The number of aromatic nitrogens is 3. The molecule has 8 heteroatoms. The Balaban J connectivity index is 1.56. The monoisotopic (exact) mass is 397 g/mol. The number of pyridine rings is 1. The van der Waals surface area contributed by atoms with Gasteiger partial charge < -0.3 is 14.8 Å². The van der Waals surface area contributed by atoms with Crippen molar-refractivity contribution in [3.05, 3.63) is 55.4 Å². The number of nitrogens with one attached hydrogen (secondary N) is 2. The third kappa shape index (κ3) is 3.97. The van der Waals surface area contributed by atoms with Crippen LogP contribution in [-0.4, -0.2) is 52.9 Å². The quantitative estimate of drug-likeness (QED) is 0.763. The average Bonchev–Trinajstić information content (AvgIpc) is 3.07. The van der Waals surface area contributed by atoms with Crippen molar-refractivity contribution >= 4 is 11.9 Å². The number of rotatable bonds is 3. The van der Waals surface area contributed by atoms with E-state index < -0.39 is 0 Å². The summed E-state index contributed by atoms with van der Waals surface area (Å²) >= 11 is 0. The van der Waals surface area contributed by atoms with Gasteiger partial charge in [-0.2, -0.15) is 0 Å². The molecule has 1 amide bonds. The number of aromatic amines is 2. The van der Waals surface area contributed by atoms with Crippen molar-refractivity contribution in [1.29, 1.82) is 0 Å². The molecule has 3 heterocycles. The molecule has 8 nitrogen and oxygen atoms in total. The van der Waals surface area contributed by atoms with E-state index in [9.17, 15) is 14.4 Å². The van der Waals surface area contributed by atoms with Crippen LogP contribution in [0.5, 0.6) is 0 Å². The molecule has 1 atom stereocenters. The predicted octanol–water partition coefficient (Wildman–Crippen LogP) is 1.42. The molecule has 0 saturated carbocycles. The van der Waals surface area contributed by atoms with E-state index in [-0.39, 0.29) is 28.5 Å². The molecule has 0 unspecified atom stereocenters. The fourth-order valence-corrected chi connectivity index (χ4v) is 4.25. The first-order valence-electron chi connectivity index (χ1n) is 10.3. The van der Waals surface area contributed by atoms with Crippen LogP contribution in [0.15, 0.2) is 21.7 Å². The van der Waals surface area contributed by atoms with Gasteiger partial charge in [0.05, 0.1) is 5.69 Å². The Bertz CT molecular complexity index is 1040. The summed E-state index contributed by atoms with van der Waals surface area (Å²) in [5.41, 5.74) is 2.47. The van der Waals surface area contributed by atoms with Gasteiger partial charge in [-0.1, -0.05) is 6.42 Å². The van der Waals surface area contributed by atoms with Gasteiger partial charge in [0.15, 0.2) is 0 Å². The van der Waals surface area contributed by atoms with E-state index in [0.29, 0.717) is 24.7 Å². The lowest BCUT2D eigenvalue weighted by atomic mass is 10.0. The number of hydrogen-bond donors (Lipinski definition) is 2. The largest absolute Gasteiger partial charge is 0.348 e. The van der Waals surface area contributed by atoms with Crippen LogP contribution in [0.2, 0.25) is 0 Å². The summed E-state index contributed by atoms with van der Waals surface area (Å²) in [7, 11) is 3.63. The molecule has 0 spiro atoms. The molecule has 154 valence electrons. The van der Waals surface area contributed by atoms with Crippen molar-refractivity contribution in [2.24, 2.45) is 0 Å². The van der Waals surface area contributed by atoms with Crippen molar-refractivity contribution < 1.29 is 4.79 Å². The Kier molecular flexibility index (Phi) is 5.25.